The van der Waals surface area contributed by atoms with Crippen LogP contribution in [0.2, 0.25) is 51.4 Å². The Labute approximate surface area is 248 Å². The van der Waals surface area contributed by atoms with Gasteiger partial charge in [0.25, 0.3) is 0 Å². The minimum atomic E-state index is -1.23. The summed E-state index contributed by atoms with van der Waals surface area (Å²) in [7, 11) is -2.41. The van der Waals surface area contributed by atoms with Gasteiger partial charge in [-0.05, 0) is 54.8 Å². The highest BCUT2D eigenvalue weighted by Crippen LogP contribution is 2.60. The largest absolute Gasteiger partial charge is 0.374 e. The van der Waals surface area contributed by atoms with Crippen molar-refractivity contribution in [2.75, 3.05) is 13.2 Å². The molecule has 3 aromatic rings. The first-order valence-electron chi connectivity index (χ1n) is 14.5. The lowest BCUT2D eigenvalue weighted by Gasteiger charge is -2.20. The topological polar surface area (TPSA) is 100 Å². The lowest BCUT2D eigenvalue weighted by molar-refractivity contribution is 0.0756. The molecule has 0 amide bonds. The molecular weight excluding hydrogens is 602 g/mol. The van der Waals surface area contributed by atoms with Gasteiger partial charge in [-0.2, -0.15) is 5.10 Å². The number of fused-ring (bicyclic) bond motifs is 3. The van der Waals surface area contributed by atoms with Crippen molar-refractivity contribution in [3.63, 3.8) is 0 Å². The minimum absolute atomic E-state index is 0.363. The van der Waals surface area contributed by atoms with Crippen LogP contribution in [0.25, 0.3) is 22.6 Å². The second-order valence-electron chi connectivity index (χ2n) is 14.6. The Kier molecular flexibility index (Phi) is 8.32. The maximum absolute atomic E-state index is 10.4. The van der Waals surface area contributed by atoms with Crippen molar-refractivity contribution in [2.45, 2.75) is 97.2 Å². The third-order valence-electron chi connectivity index (χ3n) is 8.53. The number of aliphatic hydroxyl groups excluding tert-OH is 1. The summed E-state index contributed by atoms with van der Waals surface area (Å²) in [6.07, 6.45) is 2.14. The van der Waals surface area contributed by atoms with Gasteiger partial charge >= 0.3 is 0 Å². The SMILES string of the molecule is C[C@@]12Cc3c(c(-c4nc5c(C(N)O)cc(Br)cc5n4COCC[Si](C)(C)C)nn3COCC[Si](C)(C)C)C[C@@H]1C2. The molecule has 2 aliphatic rings. The standard InChI is InChI=1S/C29H46BrN5O3Si2/c1-29-15-19(29)12-21-24(16-29)35(18-38-9-11-40(5,6)7)33-26(21)28-32-25-22(27(31)36)13-20(30)14-23(25)34(28)17-37-8-10-39(2,3)4/h13-14,19,27,36H,8-12,15-18,31H2,1-7H3/t19-,27?,29-/m1/s1. The Bertz CT molecular complexity index is 1390. The fourth-order valence-corrected chi connectivity index (χ4v) is 7.69. The zero-order chi connectivity index (χ0) is 29.0. The fraction of sp³-hybridized carbons (Fsp3) is 0.655. The van der Waals surface area contributed by atoms with Crippen LogP contribution in [0.3, 0.4) is 0 Å². The second-order valence-corrected chi connectivity index (χ2v) is 26.7. The minimum Gasteiger partial charge on any atom is -0.374 e. The van der Waals surface area contributed by atoms with E-state index >= 15 is 0 Å². The van der Waals surface area contributed by atoms with Crippen molar-refractivity contribution >= 4 is 43.1 Å². The van der Waals surface area contributed by atoms with Gasteiger partial charge in [-0.25, -0.2) is 9.67 Å². The van der Waals surface area contributed by atoms with Crippen LogP contribution in [0.4, 0.5) is 0 Å². The molecule has 5 rings (SSSR count). The van der Waals surface area contributed by atoms with E-state index in [9.17, 15) is 5.11 Å². The number of halogens is 1. The van der Waals surface area contributed by atoms with Gasteiger partial charge in [0.05, 0.1) is 11.0 Å². The zero-order valence-electron chi connectivity index (χ0n) is 25.2. The molecule has 1 unspecified atom stereocenters. The van der Waals surface area contributed by atoms with Gasteiger partial charge in [-0.1, -0.05) is 62.1 Å². The average Bonchev–Trinajstić information content (AvgIpc) is 3.20. The summed E-state index contributed by atoms with van der Waals surface area (Å²) in [6.45, 7) is 18.9. The number of nitrogens with two attached hydrogens (primary N) is 1. The summed E-state index contributed by atoms with van der Waals surface area (Å²) in [4.78, 5) is 5.10. The maximum atomic E-state index is 10.4. The smallest absolute Gasteiger partial charge is 0.163 e. The first-order chi connectivity index (χ1) is 18.7. The van der Waals surface area contributed by atoms with E-state index in [-0.39, 0.29) is 0 Å². The van der Waals surface area contributed by atoms with Crippen LogP contribution in [-0.2, 0) is 35.8 Å². The summed E-state index contributed by atoms with van der Waals surface area (Å²) < 4.78 is 17.5. The van der Waals surface area contributed by atoms with Crippen molar-refractivity contribution in [2.24, 2.45) is 17.1 Å². The molecule has 3 N–H and O–H groups in total. The number of imidazole rings is 1. The van der Waals surface area contributed by atoms with E-state index in [1.807, 2.05) is 12.1 Å². The van der Waals surface area contributed by atoms with Crippen LogP contribution in [0.15, 0.2) is 16.6 Å². The molecule has 0 radical (unpaired) electrons. The number of ether oxygens (including phenoxy) is 2. The van der Waals surface area contributed by atoms with Crippen LogP contribution >= 0.6 is 15.9 Å². The van der Waals surface area contributed by atoms with Gasteiger partial charge in [0.1, 0.15) is 25.4 Å². The van der Waals surface area contributed by atoms with Crippen LogP contribution in [0.5, 0.6) is 0 Å². The maximum Gasteiger partial charge on any atom is 0.163 e. The number of benzene rings is 1. The molecule has 0 saturated heterocycles. The predicted octanol–water partition coefficient (Wildman–Crippen LogP) is 6.36. The zero-order valence-corrected chi connectivity index (χ0v) is 28.8. The van der Waals surface area contributed by atoms with E-state index in [1.165, 1.54) is 17.7 Å². The first-order valence-corrected chi connectivity index (χ1v) is 22.7. The Morgan fingerprint density at radius 2 is 1.75 bits per heavy atom. The van der Waals surface area contributed by atoms with Gasteiger partial charge in [0, 0.05) is 50.7 Å². The summed E-state index contributed by atoms with van der Waals surface area (Å²) in [5, 5.41) is 15.6. The molecule has 2 aromatic heterocycles. The number of rotatable bonds is 12. The quantitative estimate of drug-likeness (QED) is 0.135. The monoisotopic (exact) mass is 647 g/mol. The van der Waals surface area contributed by atoms with Crippen molar-refractivity contribution in [1.82, 2.24) is 19.3 Å². The van der Waals surface area contributed by atoms with Gasteiger partial charge in [0.2, 0.25) is 0 Å². The van der Waals surface area contributed by atoms with Crippen LogP contribution in [-0.4, -0.2) is 53.8 Å². The van der Waals surface area contributed by atoms with Gasteiger partial charge in [-0.15, -0.1) is 0 Å². The van der Waals surface area contributed by atoms with Crippen molar-refractivity contribution in [3.8, 4) is 11.5 Å². The molecule has 0 spiro atoms. The molecule has 1 saturated carbocycles. The van der Waals surface area contributed by atoms with Gasteiger partial charge < -0.3 is 20.3 Å². The highest BCUT2D eigenvalue weighted by Gasteiger charge is 2.54. The Balaban J connectivity index is 1.56. The second kappa shape index (κ2) is 11.1. The molecule has 2 aliphatic carbocycles. The summed E-state index contributed by atoms with van der Waals surface area (Å²) in [6, 6.07) is 6.09. The molecule has 40 heavy (non-hydrogen) atoms. The van der Waals surface area contributed by atoms with E-state index in [0.29, 0.717) is 42.5 Å². The predicted molar refractivity (Wildman–Crippen MR) is 170 cm³/mol. The number of hydrogen-bond donors (Lipinski definition) is 2. The molecule has 8 nitrogen and oxygen atoms in total. The molecule has 1 aromatic carbocycles. The summed E-state index contributed by atoms with van der Waals surface area (Å²) in [5.74, 6) is 1.45. The molecule has 2 heterocycles. The Morgan fingerprint density at radius 1 is 1.10 bits per heavy atom. The molecule has 3 atom stereocenters. The van der Waals surface area contributed by atoms with Crippen LogP contribution in [0, 0.1) is 11.3 Å². The van der Waals surface area contributed by atoms with E-state index in [2.05, 4.69) is 71.4 Å². The number of aromatic nitrogens is 4. The van der Waals surface area contributed by atoms with E-state index in [1.54, 1.807) is 0 Å². The van der Waals surface area contributed by atoms with Crippen LogP contribution in [0.1, 0.15) is 36.4 Å². The molecular formula is C29H46BrN5O3Si2. The molecule has 220 valence electrons. The van der Waals surface area contributed by atoms with E-state index in [4.69, 9.17) is 25.3 Å². The number of aliphatic hydroxyl groups is 1. The molecule has 0 aliphatic heterocycles. The summed E-state index contributed by atoms with van der Waals surface area (Å²) in [5.41, 5.74) is 12.0. The summed E-state index contributed by atoms with van der Waals surface area (Å²) >= 11 is 3.62. The Hall–Kier alpha value is -1.35. The molecule has 11 heteroatoms. The van der Waals surface area contributed by atoms with E-state index in [0.717, 1.165) is 53.0 Å². The lowest BCUT2D eigenvalue weighted by Crippen LogP contribution is -2.23. The third kappa shape index (κ3) is 6.50. The third-order valence-corrected chi connectivity index (χ3v) is 12.4. The molecule has 1 fully saturated rings. The molecule has 0 bridgehead atoms. The van der Waals surface area contributed by atoms with Gasteiger partial charge in [-0.3, -0.25) is 4.57 Å². The highest BCUT2D eigenvalue weighted by molar-refractivity contribution is 9.10. The Morgan fingerprint density at radius 3 is 2.38 bits per heavy atom. The highest BCUT2D eigenvalue weighted by atomic mass is 79.9. The number of hydrogen-bond acceptors (Lipinski definition) is 6. The first kappa shape index (κ1) is 30.1. The average molecular weight is 649 g/mol. The van der Waals surface area contributed by atoms with Gasteiger partial charge in [0.15, 0.2) is 5.82 Å². The normalized spacial score (nSPS) is 21.5. The number of nitrogens with zero attached hydrogens (tertiary/aromatic N) is 4. The fourth-order valence-electron chi connectivity index (χ4n) is 5.71. The van der Waals surface area contributed by atoms with Crippen molar-refractivity contribution in [1.29, 1.82) is 0 Å². The van der Waals surface area contributed by atoms with Crippen molar-refractivity contribution < 1.29 is 14.6 Å². The lowest BCUT2D eigenvalue weighted by atomic mass is 9.87. The van der Waals surface area contributed by atoms with E-state index < -0.39 is 22.4 Å². The van der Waals surface area contributed by atoms with Crippen molar-refractivity contribution in [3.05, 3.63) is 33.4 Å². The van der Waals surface area contributed by atoms with Crippen LogP contribution < -0.4 is 5.73 Å².